The average Bonchev–Trinajstić information content (AvgIpc) is 3.09. The van der Waals surface area contributed by atoms with Gasteiger partial charge in [0.1, 0.15) is 0 Å². The minimum absolute atomic E-state index is 0.0353. The molecular weight excluding hydrogens is 388 g/mol. The van der Waals surface area contributed by atoms with E-state index in [2.05, 4.69) is 10.4 Å². The number of nitrogens with one attached hydrogen (secondary N) is 1. The molecule has 0 aliphatic carbocycles. The Morgan fingerprint density at radius 3 is 2.72 bits per heavy atom. The van der Waals surface area contributed by atoms with E-state index in [4.69, 9.17) is 0 Å². The summed E-state index contributed by atoms with van der Waals surface area (Å²) in [5.41, 5.74) is 3.25. The quantitative estimate of drug-likeness (QED) is 0.701. The third kappa shape index (κ3) is 4.08. The molecule has 0 radical (unpaired) electrons. The van der Waals surface area contributed by atoms with Gasteiger partial charge in [0.2, 0.25) is 15.9 Å². The van der Waals surface area contributed by atoms with Crippen molar-refractivity contribution >= 4 is 21.6 Å². The standard InChI is InChI=1S/C21H22N4O3S/c1-24(14-16-13-22-25(15-16)18-7-3-2-4-8-18)29(27,28)19-10-11-20-17(12-19)6-5-9-21(26)23-20/h2-4,7-8,10-13,15H,5-6,9,14H2,1H3,(H,23,26). The molecule has 1 aromatic heterocycles. The molecule has 4 rings (SSSR count). The number of rotatable bonds is 5. The molecule has 0 spiro atoms. The van der Waals surface area contributed by atoms with E-state index in [0.717, 1.165) is 16.8 Å². The van der Waals surface area contributed by atoms with Crippen LogP contribution in [-0.4, -0.2) is 35.5 Å². The van der Waals surface area contributed by atoms with Crippen LogP contribution in [-0.2, 0) is 27.8 Å². The zero-order chi connectivity index (χ0) is 20.4. The first-order chi connectivity index (χ1) is 13.9. The van der Waals surface area contributed by atoms with Gasteiger partial charge in [0.25, 0.3) is 0 Å². The van der Waals surface area contributed by atoms with Crippen molar-refractivity contribution in [3.05, 3.63) is 72.1 Å². The normalized spacial score (nSPS) is 14.3. The summed E-state index contributed by atoms with van der Waals surface area (Å²) >= 11 is 0. The molecule has 7 nitrogen and oxygen atoms in total. The molecule has 1 N–H and O–H groups in total. The molecule has 2 heterocycles. The van der Waals surface area contributed by atoms with Crippen molar-refractivity contribution in [1.82, 2.24) is 14.1 Å². The number of para-hydroxylation sites is 1. The van der Waals surface area contributed by atoms with Crippen LogP contribution in [0.25, 0.3) is 5.69 Å². The Hall–Kier alpha value is -2.97. The molecule has 2 aromatic carbocycles. The predicted molar refractivity (Wildman–Crippen MR) is 110 cm³/mol. The first-order valence-electron chi connectivity index (χ1n) is 9.41. The van der Waals surface area contributed by atoms with Gasteiger partial charge < -0.3 is 5.32 Å². The molecule has 0 atom stereocenters. The molecule has 8 heteroatoms. The van der Waals surface area contributed by atoms with Gasteiger partial charge >= 0.3 is 0 Å². The fourth-order valence-electron chi connectivity index (χ4n) is 3.40. The largest absolute Gasteiger partial charge is 0.326 e. The highest BCUT2D eigenvalue weighted by Gasteiger charge is 2.23. The second-order valence-electron chi connectivity index (χ2n) is 7.11. The second kappa shape index (κ2) is 7.81. The minimum atomic E-state index is -3.67. The number of hydrogen-bond acceptors (Lipinski definition) is 4. The van der Waals surface area contributed by atoms with Gasteiger partial charge in [0, 0.05) is 37.5 Å². The number of fused-ring (bicyclic) bond motifs is 1. The van der Waals surface area contributed by atoms with E-state index in [0.29, 0.717) is 24.9 Å². The average molecular weight is 410 g/mol. The van der Waals surface area contributed by atoms with Gasteiger partial charge in [-0.2, -0.15) is 9.40 Å². The van der Waals surface area contributed by atoms with Crippen molar-refractivity contribution in [1.29, 1.82) is 0 Å². The number of benzene rings is 2. The highest BCUT2D eigenvalue weighted by atomic mass is 32.2. The number of aromatic nitrogens is 2. The number of hydrogen-bond donors (Lipinski definition) is 1. The van der Waals surface area contributed by atoms with Crippen molar-refractivity contribution in [2.75, 3.05) is 12.4 Å². The Balaban J connectivity index is 1.54. The fourth-order valence-corrected chi connectivity index (χ4v) is 4.61. The highest BCUT2D eigenvalue weighted by molar-refractivity contribution is 7.89. The van der Waals surface area contributed by atoms with Gasteiger partial charge in [-0.05, 0) is 48.7 Å². The number of sulfonamides is 1. The Kier molecular flexibility index (Phi) is 5.21. The molecule has 1 aliphatic heterocycles. The van der Waals surface area contributed by atoms with Gasteiger partial charge in [0.15, 0.2) is 0 Å². The van der Waals surface area contributed by atoms with E-state index in [1.165, 1.54) is 4.31 Å². The summed E-state index contributed by atoms with van der Waals surface area (Å²) in [5.74, 6) is -0.0353. The van der Waals surface area contributed by atoms with Crippen LogP contribution >= 0.6 is 0 Å². The predicted octanol–water partition coefficient (Wildman–Crippen LogP) is 2.97. The Morgan fingerprint density at radius 2 is 1.93 bits per heavy atom. The number of carbonyl (C=O) groups is 1. The van der Waals surface area contributed by atoms with Gasteiger partial charge in [0.05, 0.1) is 16.8 Å². The summed E-state index contributed by atoms with van der Waals surface area (Å²) in [4.78, 5) is 11.9. The number of amides is 1. The molecule has 150 valence electrons. The number of aryl methyl sites for hydroxylation is 1. The number of nitrogens with zero attached hydrogens (tertiary/aromatic N) is 3. The zero-order valence-electron chi connectivity index (χ0n) is 16.1. The Labute approximate surface area is 170 Å². The van der Waals surface area contributed by atoms with Crippen LogP contribution in [0.2, 0.25) is 0 Å². The number of carbonyl (C=O) groups excluding carboxylic acids is 1. The summed E-state index contributed by atoms with van der Waals surface area (Å²) in [5, 5.41) is 7.15. The lowest BCUT2D eigenvalue weighted by Crippen LogP contribution is -2.26. The Bertz CT molecular complexity index is 1140. The van der Waals surface area contributed by atoms with Gasteiger partial charge in [-0.3, -0.25) is 4.79 Å². The molecule has 3 aromatic rings. The molecular formula is C21H22N4O3S. The lowest BCUT2D eigenvalue weighted by Gasteiger charge is -2.17. The van der Waals surface area contributed by atoms with Crippen molar-refractivity contribution in [2.24, 2.45) is 0 Å². The van der Waals surface area contributed by atoms with Crippen molar-refractivity contribution in [3.63, 3.8) is 0 Å². The van der Waals surface area contributed by atoms with Gasteiger partial charge in [-0.15, -0.1) is 0 Å². The maximum Gasteiger partial charge on any atom is 0.243 e. The smallest absolute Gasteiger partial charge is 0.243 e. The molecule has 0 bridgehead atoms. The van der Waals surface area contributed by atoms with E-state index in [1.807, 2.05) is 36.5 Å². The first-order valence-corrected chi connectivity index (χ1v) is 10.9. The van der Waals surface area contributed by atoms with E-state index in [-0.39, 0.29) is 17.3 Å². The summed E-state index contributed by atoms with van der Waals surface area (Å²) in [6.07, 6.45) is 5.32. The van der Waals surface area contributed by atoms with Crippen molar-refractivity contribution in [2.45, 2.75) is 30.7 Å². The van der Waals surface area contributed by atoms with Crippen LogP contribution < -0.4 is 5.32 Å². The van der Waals surface area contributed by atoms with E-state index in [1.54, 1.807) is 36.1 Å². The van der Waals surface area contributed by atoms with Crippen LogP contribution in [0, 0.1) is 0 Å². The molecule has 1 amide bonds. The zero-order valence-corrected chi connectivity index (χ0v) is 16.9. The van der Waals surface area contributed by atoms with E-state index >= 15 is 0 Å². The van der Waals surface area contributed by atoms with Crippen LogP contribution in [0.3, 0.4) is 0 Å². The van der Waals surface area contributed by atoms with Gasteiger partial charge in [-0.25, -0.2) is 13.1 Å². The molecule has 29 heavy (non-hydrogen) atoms. The van der Waals surface area contributed by atoms with Crippen LogP contribution in [0.15, 0.2) is 65.8 Å². The summed E-state index contributed by atoms with van der Waals surface area (Å²) in [6, 6.07) is 14.5. The maximum atomic E-state index is 13.1. The molecule has 0 saturated heterocycles. The van der Waals surface area contributed by atoms with Crippen molar-refractivity contribution in [3.8, 4) is 5.69 Å². The van der Waals surface area contributed by atoms with Crippen molar-refractivity contribution < 1.29 is 13.2 Å². The molecule has 0 unspecified atom stereocenters. The topological polar surface area (TPSA) is 84.3 Å². The molecule has 0 saturated carbocycles. The highest BCUT2D eigenvalue weighted by Crippen LogP contribution is 2.27. The molecule has 1 aliphatic rings. The first kappa shape index (κ1) is 19.4. The maximum absolute atomic E-state index is 13.1. The summed E-state index contributed by atoms with van der Waals surface area (Å²) < 4.78 is 29.2. The monoisotopic (exact) mass is 410 g/mol. The van der Waals surface area contributed by atoms with E-state index in [9.17, 15) is 13.2 Å². The Morgan fingerprint density at radius 1 is 1.14 bits per heavy atom. The van der Waals surface area contributed by atoms with Crippen LogP contribution in [0.5, 0.6) is 0 Å². The lowest BCUT2D eigenvalue weighted by atomic mass is 10.1. The second-order valence-corrected chi connectivity index (χ2v) is 9.16. The molecule has 0 fully saturated rings. The fraction of sp³-hybridized carbons (Fsp3) is 0.238. The van der Waals surface area contributed by atoms with Crippen LogP contribution in [0.4, 0.5) is 5.69 Å². The third-order valence-electron chi connectivity index (χ3n) is 4.97. The lowest BCUT2D eigenvalue weighted by molar-refractivity contribution is -0.116. The number of anilines is 1. The van der Waals surface area contributed by atoms with E-state index < -0.39 is 10.0 Å². The SMILES string of the molecule is CN(Cc1cnn(-c2ccccc2)c1)S(=O)(=O)c1ccc2c(c1)CCCC(=O)N2. The van der Waals surface area contributed by atoms with Gasteiger partial charge in [-0.1, -0.05) is 18.2 Å². The summed E-state index contributed by atoms with van der Waals surface area (Å²) in [6.45, 7) is 0.211. The third-order valence-corrected chi connectivity index (χ3v) is 6.77. The summed E-state index contributed by atoms with van der Waals surface area (Å²) in [7, 11) is -2.11. The minimum Gasteiger partial charge on any atom is -0.326 e. The van der Waals surface area contributed by atoms with Crippen LogP contribution in [0.1, 0.15) is 24.0 Å².